The maximum Gasteiger partial charge on any atom is 0.327 e. The summed E-state index contributed by atoms with van der Waals surface area (Å²) in [5, 5.41) is 9.54. The van der Waals surface area contributed by atoms with E-state index in [2.05, 4.69) is 0 Å². The van der Waals surface area contributed by atoms with Gasteiger partial charge in [-0.25, -0.2) is 17.5 Å². The predicted molar refractivity (Wildman–Crippen MR) is 103 cm³/mol. The second kappa shape index (κ2) is 8.24. The first-order valence-corrected chi connectivity index (χ1v) is 9.77. The first kappa shape index (κ1) is 21.1. The largest absolute Gasteiger partial charge is 0.497 e. The summed E-state index contributed by atoms with van der Waals surface area (Å²) in [5.74, 6) is -0.895. The number of nitrogens with zero attached hydrogens (tertiary/aromatic N) is 1. The lowest BCUT2D eigenvalue weighted by Crippen LogP contribution is -2.43. The van der Waals surface area contributed by atoms with E-state index in [1.165, 1.54) is 45.4 Å². The smallest absolute Gasteiger partial charge is 0.327 e. The molecule has 10 heteroatoms. The fraction of sp³-hybridized carbons (Fsp3) is 0.235. The van der Waals surface area contributed by atoms with Gasteiger partial charge >= 0.3 is 5.97 Å². The molecule has 0 saturated carbocycles. The van der Waals surface area contributed by atoms with Gasteiger partial charge < -0.3 is 14.6 Å². The number of anilines is 1. The molecule has 2 aromatic carbocycles. The van der Waals surface area contributed by atoms with Crippen LogP contribution < -0.4 is 13.8 Å². The molecule has 146 valence electrons. The first-order chi connectivity index (χ1) is 12.6. The highest BCUT2D eigenvalue weighted by Gasteiger charge is 2.36. The topological polar surface area (TPSA) is 93.1 Å². The fourth-order valence-electron chi connectivity index (χ4n) is 2.40. The first-order valence-electron chi connectivity index (χ1n) is 7.57. The van der Waals surface area contributed by atoms with Gasteiger partial charge in [0.2, 0.25) is 0 Å². The third-order valence-electron chi connectivity index (χ3n) is 3.76. The van der Waals surface area contributed by atoms with Crippen molar-refractivity contribution in [3.63, 3.8) is 0 Å². The van der Waals surface area contributed by atoms with Crippen molar-refractivity contribution < 1.29 is 27.8 Å². The summed E-state index contributed by atoms with van der Waals surface area (Å²) in [6.45, 7) is 1.23. The van der Waals surface area contributed by atoms with Gasteiger partial charge in [-0.15, -0.1) is 0 Å². The number of sulfonamides is 1. The van der Waals surface area contributed by atoms with E-state index in [-0.39, 0.29) is 26.4 Å². The SMILES string of the molecule is COc1ccc(OC)c(N(C(C)C(=O)O)S(=O)(=O)c2cc(Cl)ccc2Cl)c1. The van der Waals surface area contributed by atoms with Crippen LogP contribution in [0, 0.1) is 0 Å². The minimum Gasteiger partial charge on any atom is -0.497 e. The Bertz CT molecular complexity index is 964. The number of halogens is 2. The number of methoxy groups -OCH3 is 2. The summed E-state index contributed by atoms with van der Waals surface area (Å²) in [6, 6.07) is 6.85. The number of carboxylic acids is 1. The van der Waals surface area contributed by atoms with Crippen molar-refractivity contribution in [1.82, 2.24) is 0 Å². The Hall–Kier alpha value is -2.16. The van der Waals surface area contributed by atoms with E-state index < -0.39 is 22.0 Å². The van der Waals surface area contributed by atoms with Gasteiger partial charge in [0.15, 0.2) is 0 Å². The van der Waals surface area contributed by atoms with Gasteiger partial charge in [0.05, 0.1) is 24.9 Å². The normalized spacial score (nSPS) is 12.3. The third-order valence-corrected chi connectivity index (χ3v) is 6.36. The molecule has 7 nitrogen and oxygen atoms in total. The second-order valence-electron chi connectivity index (χ2n) is 5.43. The Balaban J connectivity index is 2.80. The quantitative estimate of drug-likeness (QED) is 0.715. The Morgan fingerprint density at radius 2 is 1.78 bits per heavy atom. The molecule has 0 heterocycles. The van der Waals surface area contributed by atoms with Crippen LogP contribution in [0.25, 0.3) is 0 Å². The summed E-state index contributed by atoms with van der Waals surface area (Å²) in [7, 11) is -1.67. The lowest BCUT2D eigenvalue weighted by atomic mass is 10.2. The van der Waals surface area contributed by atoms with Crippen LogP contribution in [0.1, 0.15) is 6.92 Å². The van der Waals surface area contributed by atoms with Crippen LogP contribution in [0.4, 0.5) is 5.69 Å². The molecular weight excluding hydrogens is 417 g/mol. The number of ether oxygens (including phenoxy) is 2. The van der Waals surface area contributed by atoms with Crippen LogP contribution in [0.3, 0.4) is 0 Å². The number of carbonyl (C=O) groups is 1. The molecule has 0 fully saturated rings. The number of aliphatic carboxylic acids is 1. The number of hydrogen-bond acceptors (Lipinski definition) is 5. The van der Waals surface area contributed by atoms with E-state index in [0.29, 0.717) is 10.1 Å². The van der Waals surface area contributed by atoms with Crippen molar-refractivity contribution in [2.75, 3.05) is 18.5 Å². The highest BCUT2D eigenvalue weighted by molar-refractivity contribution is 7.93. The van der Waals surface area contributed by atoms with Crippen LogP contribution >= 0.6 is 23.2 Å². The zero-order chi connectivity index (χ0) is 20.4. The maximum atomic E-state index is 13.3. The molecule has 0 spiro atoms. The lowest BCUT2D eigenvalue weighted by molar-refractivity contribution is -0.137. The molecule has 0 radical (unpaired) electrons. The summed E-state index contributed by atoms with van der Waals surface area (Å²) in [6.07, 6.45) is 0. The number of benzene rings is 2. The summed E-state index contributed by atoms with van der Waals surface area (Å²) < 4.78 is 37.8. The van der Waals surface area contributed by atoms with Crippen molar-refractivity contribution >= 4 is 44.9 Å². The standard InChI is InChI=1S/C17H17Cl2NO6S/c1-10(17(21)22)20(14-9-12(25-2)5-7-15(14)26-3)27(23,24)16-8-11(18)4-6-13(16)19/h4-10H,1-3H3,(H,21,22). The van der Waals surface area contributed by atoms with E-state index in [4.69, 9.17) is 32.7 Å². The van der Waals surface area contributed by atoms with Gasteiger partial charge in [0.1, 0.15) is 22.4 Å². The minimum atomic E-state index is -4.41. The lowest BCUT2D eigenvalue weighted by Gasteiger charge is -2.29. The van der Waals surface area contributed by atoms with E-state index in [1.54, 1.807) is 6.07 Å². The number of hydrogen-bond donors (Lipinski definition) is 1. The number of rotatable bonds is 7. The Morgan fingerprint density at radius 1 is 1.11 bits per heavy atom. The highest BCUT2D eigenvalue weighted by Crippen LogP contribution is 2.38. The van der Waals surface area contributed by atoms with Crippen molar-refractivity contribution in [2.24, 2.45) is 0 Å². The summed E-state index contributed by atoms with van der Waals surface area (Å²) >= 11 is 12.0. The van der Waals surface area contributed by atoms with Crippen LogP contribution in [-0.2, 0) is 14.8 Å². The molecule has 0 aromatic heterocycles. The minimum absolute atomic E-state index is 0.0113. The van der Waals surface area contributed by atoms with Crippen LogP contribution in [0.2, 0.25) is 10.0 Å². The molecule has 2 aromatic rings. The number of carboxylic acid groups (broad SMARTS) is 1. The Morgan fingerprint density at radius 3 is 2.33 bits per heavy atom. The van der Waals surface area contributed by atoms with Gasteiger partial charge in [-0.1, -0.05) is 23.2 Å². The summed E-state index contributed by atoms with van der Waals surface area (Å²) in [5.41, 5.74) is -0.0113. The fourth-order valence-corrected chi connectivity index (χ4v) is 4.75. The molecule has 0 aliphatic heterocycles. The van der Waals surface area contributed by atoms with Crippen molar-refractivity contribution in [1.29, 1.82) is 0 Å². The van der Waals surface area contributed by atoms with Crippen LogP contribution in [0.5, 0.6) is 11.5 Å². The average Bonchev–Trinajstić information content (AvgIpc) is 2.63. The van der Waals surface area contributed by atoms with Gasteiger partial charge in [-0.3, -0.25) is 0 Å². The van der Waals surface area contributed by atoms with Crippen molar-refractivity contribution in [2.45, 2.75) is 17.9 Å². The molecule has 2 rings (SSSR count). The van der Waals surface area contributed by atoms with Gasteiger partial charge in [-0.2, -0.15) is 0 Å². The maximum absolute atomic E-state index is 13.3. The molecule has 0 aliphatic rings. The Kier molecular flexibility index (Phi) is 6.46. The van der Waals surface area contributed by atoms with Gasteiger partial charge in [0.25, 0.3) is 10.0 Å². The Labute approximate surface area is 167 Å². The zero-order valence-electron chi connectivity index (χ0n) is 14.6. The third kappa shape index (κ3) is 4.23. The predicted octanol–water partition coefficient (Wildman–Crippen LogP) is 3.68. The van der Waals surface area contributed by atoms with Gasteiger partial charge in [-0.05, 0) is 37.3 Å². The van der Waals surface area contributed by atoms with E-state index in [1.807, 2.05) is 0 Å². The molecule has 1 N–H and O–H groups in total. The molecule has 27 heavy (non-hydrogen) atoms. The van der Waals surface area contributed by atoms with Gasteiger partial charge in [0, 0.05) is 11.1 Å². The van der Waals surface area contributed by atoms with E-state index >= 15 is 0 Å². The molecule has 0 amide bonds. The van der Waals surface area contributed by atoms with E-state index in [9.17, 15) is 18.3 Å². The highest BCUT2D eigenvalue weighted by atomic mass is 35.5. The van der Waals surface area contributed by atoms with Crippen molar-refractivity contribution in [3.8, 4) is 11.5 Å². The van der Waals surface area contributed by atoms with Crippen LogP contribution in [-0.4, -0.2) is 39.8 Å². The summed E-state index contributed by atoms with van der Waals surface area (Å²) in [4.78, 5) is 11.3. The average molecular weight is 434 g/mol. The zero-order valence-corrected chi connectivity index (χ0v) is 17.0. The molecule has 0 aliphatic carbocycles. The second-order valence-corrected chi connectivity index (χ2v) is 8.05. The monoisotopic (exact) mass is 433 g/mol. The van der Waals surface area contributed by atoms with Crippen molar-refractivity contribution in [3.05, 3.63) is 46.4 Å². The molecule has 1 unspecified atom stereocenters. The molecule has 0 bridgehead atoms. The molecule has 0 saturated heterocycles. The van der Waals surface area contributed by atoms with E-state index in [0.717, 1.165) is 6.07 Å². The molecule has 1 atom stereocenters. The molecular formula is C17H17Cl2NO6S. The van der Waals surface area contributed by atoms with Crippen LogP contribution in [0.15, 0.2) is 41.3 Å².